The van der Waals surface area contributed by atoms with E-state index in [2.05, 4.69) is 26.6 Å². The average molecular weight is 416 g/mol. The molecule has 0 bridgehead atoms. The van der Waals surface area contributed by atoms with Crippen molar-refractivity contribution in [2.24, 2.45) is 0 Å². The molecule has 0 spiro atoms. The second-order valence-corrected chi connectivity index (χ2v) is 7.70. The minimum Gasteiger partial charge on any atom is -0.444 e. The number of benzene rings is 1. The molecule has 25 heavy (non-hydrogen) atoms. The Bertz CT molecular complexity index is 602. The summed E-state index contributed by atoms with van der Waals surface area (Å²) in [6.07, 6.45) is 1.29. The predicted octanol–water partition coefficient (Wildman–Crippen LogP) is 4.14. The quantitative estimate of drug-likeness (QED) is 0.491. The van der Waals surface area contributed by atoms with Gasteiger partial charge in [-0.2, -0.15) is 0 Å². The number of nitrogens with zero attached hydrogens (tertiary/aromatic N) is 1. The van der Waals surface area contributed by atoms with Gasteiger partial charge in [0, 0.05) is 35.2 Å². The van der Waals surface area contributed by atoms with Crippen LogP contribution >= 0.6 is 15.9 Å². The van der Waals surface area contributed by atoms with Crippen molar-refractivity contribution in [3.63, 3.8) is 0 Å². The number of amides is 1. The molecule has 0 aromatic heterocycles. The van der Waals surface area contributed by atoms with E-state index in [1.807, 2.05) is 6.92 Å². The molecule has 0 saturated heterocycles. The first-order chi connectivity index (χ1) is 11.6. The van der Waals surface area contributed by atoms with Gasteiger partial charge in [0.1, 0.15) is 5.60 Å². The fourth-order valence-electron chi connectivity index (χ4n) is 2.26. The summed E-state index contributed by atoms with van der Waals surface area (Å²) in [7, 11) is 0. The minimum atomic E-state index is -0.546. The van der Waals surface area contributed by atoms with Crippen LogP contribution in [0.1, 0.15) is 46.1 Å². The lowest BCUT2D eigenvalue weighted by molar-refractivity contribution is -0.385. The monoisotopic (exact) mass is 415 g/mol. The Morgan fingerprint density at radius 2 is 2.08 bits per heavy atom. The maximum absolute atomic E-state index is 11.8. The molecule has 1 aromatic carbocycles. The van der Waals surface area contributed by atoms with Crippen LogP contribution in [0.2, 0.25) is 0 Å². The Balaban J connectivity index is 2.64. The number of carbonyl (C=O) groups excluding carboxylic acids is 1. The molecule has 1 atom stereocenters. The summed E-state index contributed by atoms with van der Waals surface area (Å²) in [5, 5.41) is 17.2. The average Bonchev–Trinajstić information content (AvgIpc) is 2.49. The van der Waals surface area contributed by atoms with Gasteiger partial charge in [0.25, 0.3) is 5.69 Å². The van der Waals surface area contributed by atoms with Gasteiger partial charge in [-0.05, 0) is 39.3 Å². The molecule has 1 rings (SSSR count). The third-order valence-corrected chi connectivity index (χ3v) is 3.85. The number of rotatable bonds is 8. The van der Waals surface area contributed by atoms with Crippen LogP contribution in [0.15, 0.2) is 22.7 Å². The molecule has 2 N–H and O–H groups in total. The number of hydrogen-bond donors (Lipinski definition) is 2. The molecule has 0 aliphatic rings. The van der Waals surface area contributed by atoms with Gasteiger partial charge in [0.05, 0.1) is 4.92 Å². The summed E-state index contributed by atoms with van der Waals surface area (Å²) in [6.45, 7) is 8.21. The molecular formula is C17H26BrN3O4. The van der Waals surface area contributed by atoms with Crippen LogP contribution < -0.4 is 10.6 Å². The van der Waals surface area contributed by atoms with Gasteiger partial charge in [-0.25, -0.2) is 4.79 Å². The smallest absolute Gasteiger partial charge is 0.407 e. The first-order valence-electron chi connectivity index (χ1n) is 8.25. The van der Waals surface area contributed by atoms with E-state index in [0.29, 0.717) is 23.1 Å². The summed E-state index contributed by atoms with van der Waals surface area (Å²) >= 11 is 3.25. The third-order valence-electron chi connectivity index (χ3n) is 3.35. The van der Waals surface area contributed by atoms with Crippen LogP contribution in [0.4, 0.5) is 10.5 Å². The molecule has 0 saturated carbocycles. The highest BCUT2D eigenvalue weighted by Gasteiger charge is 2.18. The van der Waals surface area contributed by atoms with E-state index in [-0.39, 0.29) is 11.7 Å². The summed E-state index contributed by atoms with van der Waals surface area (Å²) in [6, 6.07) is 4.99. The van der Waals surface area contributed by atoms with Crippen molar-refractivity contribution in [3.05, 3.63) is 38.3 Å². The molecule has 0 heterocycles. The van der Waals surface area contributed by atoms with Crippen LogP contribution in [0, 0.1) is 10.1 Å². The molecule has 1 aromatic rings. The third kappa shape index (κ3) is 8.31. The van der Waals surface area contributed by atoms with E-state index < -0.39 is 16.6 Å². The first-order valence-corrected chi connectivity index (χ1v) is 9.04. The number of nitro benzene ring substituents is 1. The van der Waals surface area contributed by atoms with Crippen molar-refractivity contribution in [2.45, 2.75) is 58.7 Å². The van der Waals surface area contributed by atoms with Gasteiger partial charge in [-0.1, -0.05) is 29.3 Å². The summed E-state index contributed by atoms with van der Waals surface area (Å²) in [5.41, 5.74) is 0.124. The van der Waals surface area contributed by atoms with E-state index in [9.17, 15) is 14.9 Å². The van der Waals surface area contributed by atoms with Gasteiger partial charge < -0.3 is 15.4 Å². The first kappa shape index (κ1) is 21.4. The summed E-state index contributed by atoms with van der Waals surface area (Å²) < 4.78 is 5.89. The molecular weight excluding hydrogens is 390 g/mol. The van der Waals surface area contributed by atoms with Crippen molar-refractivity contribution >= 4 is 27.7 Å². The highest BCUT2D eigenvalue weighted by atomic mass is 79.9. The molecule has 140 valence electrons. The van der Waals surface area contributed by atoms with Gasteiger partial charge >= 0.3 is 6.09 Å². The maximum atomic E-state index is 11.8. The van der Waals surface area contributed by atoms with E-state index in [4.69, 9.17) is 4.74 Å². The number of alkyl carbamates (subject to hydrolysis) is 1. The molecule has 1 amide bonds. The highest BCUT2D eigenvalue weighted by Crippen LogP contribution is 2.23. The second-order valence-electron chi connectivity index (χ2n) is 6.78. The van der Waals surface area contributed by atoms with Crippen LogP contribution in [0.5, 0.6) is 0 Å². The van der Waals surface area contributed by atoms with Crippen molar-refractivity contribution < 1.29 is 14.5 Å². The van der Waals surface area contributed by atoms with Crippen molar-refractivity contribution in [3.8, 4) is 0 Å². The Hall–Kier alpha value is -1.67. The number of hydrogen-bond acceptors (Lipinski definition) is 5. The number of halogens is 1. The highest BCUT2D eigenvalue weighted by molar-refractivity contribution is 9.10. The van der Waals surface area contributed by atoms with E-state index in [1.54, 1.807) is 32.9 Å². The van der Waals surface area contributed by atoms with Crippen molar-refractivity contribution in [1.82, 2.24) is 10.6 Å². The van der Waals surface area contributed by atoms with E-state index >= 15 is 0 Å². The molecule has 7 nitrogen and oxygen atoms in total. The van der Waals surface area contributed by atoms with Crippen molar-refractivity contribution in [1.29, 1.82) is 0 Å². The topological polar surface area (TPSA) is 93.5 Å². The Morgan fingerprint density at radius 3 is 2.64 bits per heavy atom. The van der Waals surface area contributed by atoms with Crippen LogP contribution in [-0.4, -0.2) is 29.2 Å². The Morgan fingerprint density at radius 1 is 1.40 bits per heavy atom. The summed E-state index contributed by atoms with van der Waals surface area (Å²) in [4.78, 5) is 22.5. The van der Waals surface area contributed by atoms with Crippen LogP contribution in [0.25, 0.3) is 0 Å². The zero-order valence-electron chi connectivity index (χ0n) is 15.1. The molecule has 0 fully saturated rings. The van der Waals surface area contributed by atoms with Gasteiger partial charge in [0.2, 0.25) is 0 Å². The SMILES string of the molecule is CCCC(CNC(=O)OC(C)(C)C)NCc1ccc(Br)cc1[N+](=O)[O-]. The van der Waals surface area contributed by atoms with Gasteiger partial charge in [-0.3, -0.25) is 10.1 Å². The lowest BCUT2D eigenvalue weighted by Crippen LogP contribution is -2.42. The lowest BCUT2D eigenvalue weighted by Gasteiger charge is -2.22. The molecule has 0 aliphatic heterocycles. The second kappa shape index (κ2) is 9.72. The van der Waals surface area contributed by atoms with Crippen LogP contribution in [0.3, 0.4) is 0 Å². The van der Waals surface area contributed by atoms with E-state index in [1.165, 1.54) is 6.07 Å². The maximum Gasteiger partial charge on any atom is 0.407 e. The number of nitrogens with one attached hydrogen (secondary N) is 2. The summed E-state index contributed by atoms with van der Waals surface area (Å²) in [5.74, 6) is 0. The zero-order valence-corrected chi connectivity index (χ0v) is 16.7. The Labute approximate surface area is 156 Å². The van der Waals surface area contributed by atoms with Crippen molar-refractivity contribution in [2.75, 3.05) is 6.54 Å². The van der Waals surface area contributed by atoms with Gasteiger partial charge in [0.15, 0.2) is 0 Å². The van der Waals surface area contributed by atoms with Crippen LogP contribution in [-0.2, 0) is 11.3 Å². The minimum absolute atomic E-state index is 0.000712. The molecule has 8 heteroatoms. The normalized spacial score (nSPS) is 12.5. The Kier molecular flexibility index (Phi) is 8.31. The predicted molar refractivity (Wildman–Crippen MR) is 101 cm³/mol. The standard InChI is InChI=1S/C17H26BrN3O4/c1-5-6-14(11-20-16(22)25-17(2,3)4)19-10-12-7-8-13(18)9-15(12)21(23)24/h7-9,14,19H,5-6,10-11H2,1-4H3,(H,20,22). The number of nitro groups is 1. The number of carbonyl (C=O) groups is 1. The fourth-order valence-corrected chi connectivity index (χ4v) is 2.61. The van der Waals surface area contributed by atoms with Gasteiger partial charge in [-0.15, -0.1) is 0 Å². The molecule has 0 radical (unpaired) electrons. The molecule has 1 unspecified atom stereocenters. The largest absolute Gasteiger partial charge is 0.444 e. The fraction of sp³-hybridized carbons (Fsp3) is 0.588. The van der Waals surface area contributed by atoms with E-state index in [0.717, 1.165) is 12.8 Å². The zero-order chi connectivity index (χ0) is 19.0. The lowest BCUT2D eigenvalue weighted by atomic mass is 10.1. The molecule has 0 aliphatic carbocycles. The number of ether oxygens (including phenoxy) is 1.